The number of halogens is 1. The Morgan fingerprint density at radius 2 is 1.96 bits per heavy atom. The van der Waals surface area contributed by atoms with E-state index in [2.05, 4.69) is 33.0 Å². The second-order valence-corrected chi connectivity index (χ2v) is 7.23. The van der Waals surface area contributed by atoms with Crippen LogP contribution in [-0.4, -0.2) is 35.7 Å². The van der Waals surface area contributed by atoms with E-state index >= 15 is 0 Å². The van der Waals surface area contributed by atoms with E-state index in [1.54, 1.807) is 7.11 Å². The number of likely N-dealkylation sites (tertiary alicyclic amines) is 1. The number of ether oxygens (including phenoxy) is 1. The van der Waals surface area contributed by atoms with Crippen LogP contribution in [-0.2, 0) is 4.79 Å². The summed E-state index contributed by atoms with van der Waals surface area (Å²) in [4.78, 5) is 13.9. The lowest BCUT2D eigenvalue weighted by molar-refractivity contribution is -0.145. The van der Waals surface area contributed by atoms with Crippen molar-refractivity contribution < 1.29 is 14.6 Å². The predicted molar refractivity (Wildman–Crippen MR) is 101 cm³/mol. The highest BCUT2D eigenvalue weighted by molar-refractivity contribution is 9.10. The third kappa shape index (κ3) is 4.05. The Kier molecular flexibility index (Phi) is 5.76. The molecule has 1 N–H and O–H groups in total. The van der Waals surface area contributed by atoms with E-state index in [4.69, 9.17) is 4.74 Å². The molecule has 1 fully saturated rings. The van der Waals surface area contributed by atoms with Crippen LogP contribution in [0.25, 0.3) is 0 Å². The number of carbonyl (C=O) groups is 1. The van der Waals surface area contributed by atoms with Crippen LogP contribution in [0, 0.1) is 0 Å². The molecule has 1 aliphatic heterocycles. The molecule has 132 valence electrons. The number of methoxy groups -OCH3 is 1. The van der Waals surface area contributed by atoms with Crippen molar-refractivity contribution in [3.05, 3.63) is 64.1 Å². The summed E-state index contributed by atoms with van der Waals surface area (Å²) in [5.41, 5.74) is 2.17. The van der Waals surface area contributed by atoms with E-state index in [0.717, 1.165) is 40.7 Å². The molecule has 5 heteroatoms. The van der Waals surface area contributed by atoms with E-state index in [9.17, 15) is 9.90 Å². The van der Waals surface area contributed by atoms with Gasteiger partial charge in [-0.3, -0.25) is 9.69 Å². The molecule has 0 radical (unpaired) electrons. The third-order valence-electron chi connectivity index (χ3n) is 4.76. The van der Waals surface area contributed by atoms with Crippen molar-refractivity contribution in [2.75, 3.05) is 13.7 Å². The molecule has 0 spiro atoms. The number of aliphatic carboxylic acids is 1. The zero-order valence-electron chi connectivity index (χ0n) is 14.2. The van der Waals surface area contributed by atoms with Crippen LogP contribution in [0.1, 0.15) is 36.4 Å². The fourth-order valence-electron chi connectivity index (χ4n) is 3.57. The molecule has 1 saturated heterocycles. The van der Waals surface area contributed by atoms with Crippen LogP contribution < -0.4 is 4.74 Å². The lowest BCUT2D eigenvalue weighted by Crippen LogP contribution is -2.46. The van der Waals surface area contributed by atoms with Crippen molar-refractivity contribution in [1.29, 1.82) is 0 Å². The number of hydrogen-bond donors (Lipinski definition) is 1. The van der Waals surface area contributed by atoms with Crippen LogP contribution in [0.4, 0.5) is 0 Å². The molecule has 1 aliphatic rings. The fourth-order valence-corrected chi connectivity index (χ4v) is 3.98. The van der Waals surface area contributed by atoms with E-state index < -0.39 is 12.0 Å². The molecule has 1 heterocycles. The minimum atomic E-state index is -0.742. The molecule has 2 unspecified atom stereocenters. The minimum Gasteiger partial charge on any atom is -0.497 e. The highest BCUT2D eigenvalue weighted by Crippen LogP contribution is 2.35. The predicted octanol–water partition coefficient (Wildman–Crippen LogP) is 4.49. The third-order valence-corrected chi connectivity index (χ3v) is 5.25. The van der Waals surface area contributed by atoms with Crippen LogP contribution in [0.15, 0.2) is 53.0 Å². The Morgan fingerprint density at radius 1 is 1.20 bits per heavy atom. The van der Waals surface area contributed by atoms with Crippen molar-refractivity contribution in [3.8, 4) is 5.75 Å². The van der Waals surface area contributed by atoms with E-state index in [-0.39, 0.29) is 6.04 Å². The number of hydrogen-bond acceptors (Lipinski definition) is 3. The Bertz CT molecular complexity index is 732. The van der Waals surface area contributed by atoms with Gasteiger partial charge < -0.3 is 9.84 Å². The first-order valence-electron chi connectivity index (χ1n) is 8.48. The quantitative estimate of drug-likeness (QED) is 0.798. The number of benzene rings is 2. The first-order chi connectivity index (χ1) is 12.1. The Balaban J connectivity index is 2.05. The highest BCUT2D eigenvalue weighted by atomic mass is 79.9. The minimum absolute atomic E-state index is 0.0928. The molecular weight excluding hydrogens is 382 g/mol. The lowest BCUT2D eigenvalue weighted by atomic mass is 9.91. The molecule has 25 heavy (non-hydrogen) atoms. The maximum Gasteiger partial charge on any atom is 0.320 e. The second-order valence-electron chi connectivity index (χ2n) is 6.32. The summed E-state index contributed by atoms with van der Waals surface area (Å²) in [5, 5.41) is 9.72. The van der Waals surface area contributed by atoms with Gasteiger partial charge in [0, 0.05) is 4.47 Å². The molecular formula is C20H22BrNO3. The van der Waals surface area contributed by atoms with Gasteiger partial charge in [0.25, 0.3) is 0 Å². The number of rotatable bonds is 5. The van der Waals surface area contributed by atoms with Gasteiger partial charge in [0.1, 0.15) is 11.8 Å². The monoisotopic (exact) mass is 403 g/mol. The first-order valence-corrected chi connectivity index (χ1v) is 9.27. The van der Waals surface area contributed by atoms with Crippen LogP contribution in [0.5, 0.6) is 5.75 Å². The van der Waals surface area contributed by atoms with Crippen molar-refractivity contribution in [1.82, 2.24) is 4.90 Å². The molecule has 2 atom stereocenters. The van der Waals surface area contributed by atoms with Gasteiger partial charge in [-0.2, -0.15) is 0 Å². The lowest BCUT2D eigenvalue weighted by Gasteiger charge is -2.39. The number of nitrogens with zero attached hydrogens (tertiary/aromatic N) is 1. The fraction of sp³-hybridized carbons (Fsp3) is 0.350. The summed E-state index contributed by atoms with van der Waals surface area (Å²) in [6.07, 6.45) is 2.67. The molecule has 2 aromatic carbocycles. The topological polar surface area (TPSA) is 49.8 Å². The van der Waals surface area contributed by atoms with Gasteiger partial charge in [0.2, 0.25) is 0 Å². The number of carboxylic acid groups (broad SMARTS) is 1. The van der Waals surface area contributed by atoms with Crippen LogP contribution in [0.3, 0.4) is 0 Å². The van der Waals surface area contributed by atoms with E-state index in [0.29, 0.717) is 6.42 Å². The van der Waals surface area contributed by atoms with Gasteiger partial charge in [0.05, 0.1) is 13.2 Å². The number of piperidine rings is 1. The average molecular weight is 404 g/mol. The van der Waals surface area contributed by atoms with Gasteiger partial charge in [0.15, 0.2) is 0 Å². The Hall–Kier alpha value is -1.85. The molecule has 0 aliphatic carbocycles. The van der Waals surface area contributed by atoms with Gasteiger partial charge >= 0.3 is 5.97 Å². The summed E-state index contributed by atoms with van der Waals surface area (Å²) >= 11 is 3.54. The summed E-state index contributed by atoms with van der Waals surface area (Å²) in [5.74, 6) is 0.0541. The molecule has 0 aromatic heterocycles. The summed E-state index contributed by atoms with van der Waals surface area (Å²) in [7, 11) is 1.64. The summed E-state index contributed by atoms with van der Waals surface area (Å²) < 4.78 is 6.26. The highest BCUT2D eigenvalue weighted by Gasteiger charge is 2.35. The van der Waals surface area contributed by atoms with Gasteiger partial charge in [-0.05, 0) is 54.8 Å². The van der Waals surface area contributed by atoms with Crippen molar-refractivity contribution in [2.24, 2.45) is 0 Å². The van der Waals surface area contributed by atoms with Crippen LogP contribution >= 0.6 is 15.9 Å². The van der Waals surface area contributed by atoms with Crippen molar-refractivity contribution in [3.63, 3.8) is 0 Å². The molecule has 2 aromatic rings. The van der Waals surface area contributed by atoms with Gasteiger partial charge in [-0.25, -0.2) is 0 Å². The largest absolute Gasteiger partial charge is 0.497 e. The number of carboxylic acids is 1. The molecule has 0 amide bonds. The van der Waals surface area contributed by atoms with Gasteiger partial charge in [-0.15, -0.1) is 0 Å². The zero-order chi connectivity index (χ0) is 17.8. The van der Waals surface area contributed by atoms with Crippen molar-refractivity contribution in [2.45, 2.75) is 31.3 Å². The van der Waals surface area contributed by atoms with E-state index in [1.165, 1.54) is 0 Å². The maximum absolute atomic E-state index is 11.8. The van der Waals surface area contributed by atoms with Crippen molar-refractivity contribution >= 4 is 21.9 Å². The van der Waals surface area contributed by atoms with Gasteiger partial charge in [-0.1, -0.05) is 46.6 Å². The Labute approximate surface area is 156 Å². The zero-order valence-corrected chi connectivity index (χ0v) is 15.8. The summed E-state index contributed by atoms with van der Waals surface area (Å²) in [6.45, 7) is 0.778. The molecule has 3 rings (SSSR count). The maximum atomic E-state index is 11.8. The summed E-state index contributed by atoms with van der Waals surface area (Å²) in [6, 6.07) is 15.5. The smallest absolute Gasteiger partial charge is 0.320 e. The average Bonchev–Trinajstić information content (AvgIpc) is 2.63. The molecule has 0 bridgehead atoms. The normalized spacial score (nSPS) is 19.4. The SMILES string of the molecule is COc1ccc(C(c2cccc(Br)c2)N2CCCCC2C(=O)O)cc1. The standard InChI is InChI=1S/C20H22BrNO3/c1-25-17-10-8-14(9-11-17)19(15-5-4-6-16(21)13-15)22-12-3-2-7-18(22)20(23)24/h4-6,8-11,13,18-19H,2-3,7,12H2,1H3,(H,23,24). The first kappa shape index (κ1) is 18.0. The van der Waals surface area contributed by atoms with E-state index in [1.807, 2.05) is 36.4 Å². The second kappa shape index (κ2) is 8.02. The molecule has 0 saturated carbocycles. The molecule has 4 nitrogen and oxygen atoms in total. The Morgan fingerprint density at radius 3 is 2.60 bits per heavy atom. The van der Waals surface area contributed by atoms with Crippen LogP contribution in [0.2, 0.25) is 0 Å².